The number of aryl methyl sites for hydroxylation is 1. The highest BCUT2D eigenvalue weighted by Crippen LogP contribution is 2.31. The average Bonchev–Trinajstić information content (AvgIpc) is 2.67. The van der Waals surface area contributed by atoms with Gasteiger partial charge in [-0.1, -0.05) is 35.9 Å². The lowest BCUT2D eigenvalue weighted by molar-refractivity contribution is -0.137. The summed E-state index contributed by atoms with van der Waals surface area (Å²) >= 11 is 0. The van der Waals surface area contributed by atoms with Gasteiger partial charge in [-0.15, -0.1) is 0 Å². The minimum absolute atomic E-state index is 0.0734. The fourth-order valence-corrected chi connectivity index (χ4v) is 5.07. The normalized spacial score (nSPS) is 16.4. The molecule has 9 heteroatoms. The van der Waals surface area contributed by atoms with E-state index in [1.807, 2.05) is 25.1 Å². The molecule has 0 aliphatic carbocycles. The molecule has 0 saturated carbocycles. The number of halogens is 3. The zero-order valence-corrected chi connectivity index (χ0v) is 17.3. The number of nitrogens with one attached hydrogen (secondary N) is 1. The lowest BCUT2D eigenvalue weighted by Gasteiger charge is -2.30. The number of nitrogens with zero attached hydrogens (tertiary/aromatic N) is 1. The zero-order valence-electron chi connectivity index (χ0n) is 16.4. The van der Waals surface area contributed by atoms with Crippen molar-refractivity contribution in [3.63, 3.8) is 0 Å². The Morgan fingerprint density at radius 3 is 2.40 bits per heavy atom. The number of benzene rings is 2. The summed E-state index contributed by atoms with van der Waals surface area (Å²) in [4.78, 5) is 12.5. The molecule has 0 spiro atoms. The molecule has 162 valence electrons. The van der Waals surface area contributed by atoms with Crippen LogP contribution < -0.4 is 5.32 Å². The van der Waals surface area contributed by atoms with Gasteiger partial charge in [0.2, 0.25) is 15.9 Å². The molecule has 2 aromatic rings. The number of hydrogen-bond acceptors (Lipinski definition) is 3. The number of hydrogen-bond donors (Lipinski definition) is 1. The molecule has 3 rings (SSSR count). The van der Waals surface area contributed by atoms with E-state index >= 15 is 0 Å². The number of alkyl halides is 3. The van der Waals surface area contributed by atoms with E-state index in [4.69, 9.17) is 0 Å². The molecule has 0 atom stereocenters. The SMILES string of the molecule is Cc1cccc(CS(=O)(=O)N2CCC(C(=O)Nc3cccc(C(F)(F)F)c3)CC2)c1. The average molecular weight is 440 g/mol. The van der Waals surface area contributed by atoms with Crippen LogP contribution in [-0.4, -0.2) is 31.7 Å². The van der Waals surface area contributed by atoms with Crippen LogP contribution in [0, 0.1) is 12.8 Å². The summed E-state index contributed by atoms with van der Waals surface area (Å²) in [6.07, 6.45) is -3.85. The number of rotatable bonds is 5. The molecule has 5 nitrogen and oxygen atoms in total. The number of piperidine rings is 1. The molecule has 1 aliphatic rings. The van der Waals surface area contributed by atoms with Gasteiger partial charge < -0.3 is 5.32 Å². The topological polar surface area (TPSA) is 66.5 Å². The third-order valence-electron chi connectivity index (χ3n) is 5.11. The summed E-state index contributed by atoms with van der Waals surface area (Å²) in [7, 11) is -3.51. The maximum Gasteiger partial charge on any atom is 0.416 e. The van der Waals surface area contributed by atoms with E-state index in [1.165, 1.54) is 16.4 Å². The Morgan fingerprint density at radius 2 is 1.77 bits per heavy atom. The molecule has 2 aromatic carbocycles. The molecule has 1 fully saturated rings. The fraction of sp³-hybridized carbons (Fsp3) is 0.381. The van der Waals surface area contributed by atoms with Crippen molar-refractivity contribution in [3.05, 3.63) is 65.2 Å². The summed E-state index contributed by atoms with van der Waals surface area (Å²) in [5.74, 6) is -0.953. The van der Waals surface area contributed by atoms with Crippen molar-refractivity contribution in [3.8, 4) is 0 Å². The highest BCUT2D eigenvalue weighted by molar-refractivity contribution is 7.88. The zero-order chi connectivity index (χ0) is 21.9. The van der Waals surface area contributed by atoms with Gasteiger partial charge >= 0.3 is 6.18 Å². The van der Waals surface area contributed by atoms with Gasteiger partial charge in [0.1, 0.15) is 0 Å². The smallest absolute Gasteiger partial charge is 0.326 e. The van der Waals surface area contributed by atoms with Crippen molar-refractivity contribution in [2.75, 3.05) is 18.4 Å². The second-order valence-corrected chi connectivity index (χ2v) is 9.46. The molecule has 1 N–H and O–H groups in total. The molecule has 1 aliphatic heterocycles. The summed E-state index contributed by atoms with van der Waals surface area (Å²) < 4.78 is 65.2. The Labute approximate surface area is 173 Å². The molecule has 0 unspecified atom stereocenters. The van der Waals surface area contributed by atoms with Crippen molar-refractivity contribution in [2.24, 2.45) is 5.92 Å². The van der Waals surface area contributed by atoms with Crippen LogP contribution in [0.25, 0.3) is 0 Å². The van der Waals surface area contributed by atoms with E-state index in [9.17, 15) is 26.4 Å². The van der Waals surface area contributed by atoms with Crippen LogP contribution in [-0.2, 0) is 26.7 Å². The van der Waals surface area contributed by atoms with Crippen molar-refractivity contribution < 1.29 is 26.4 Å². The second kappa shape index (κ2) is 8.77. The largest absolute Gasteiger partial charge is 0.416 e. The van der Waals surface area contributed by atoms with Crippen LogP contribution in [0.1, 0.15) is 29.5 Å². The van der Waals surface area contributed by atoms with Crippen molar-refractivity contribution in [2.45, 2.75) is 31.7 Å². The van der Waals surface area contributed by atoms with Gasteiger partial charge in [0, 0.05) is 24.7 Å². The van der Waals surface area contributed by atoms with Crippen LogP contribution in [0.3, 0.4) is 0 Å². The van der Waals surface area contributed by atoms with E-state index < -0.39 is 33.6 Å². The monoisotopic (exact) mass is 440 g/mol. The number of carbonyl (C=O) groups is 1. The van der Waals surface area contributed by atoms with E-state index in [-0.39, 0.29) is 24.5 Å². The van der Waals surface area contributed by atoms with Crippen LogP contribution in [0.15, 0.2) is 48.5 Å². The number of anilines is 1. The Balaban J connectivity index is 1.58. The Morgan fingerprint density at radius 1 is 1.10 bits per heavy atom. The predicted octanol–water partition coefficient (Wildman–Crippen LogP) is 4.19. The first kappa shape index (κ1) is 22.3. The van der Waals surface area contributed by atoms with Crippen molar-refractivity contribution >= 4 is 21.6 Å². The third-order valence-corrected chi connectivity index (χ3v) is 6.96. The lowest BCUT2D eigenvalue weighted by Crippen LogP contribution is -2.41. The van der Waals surface area contributed by atoms with Crippen LogP contribution in [0.2, 0.25) is 0 Å². The number of sulfonamides is 1. The van der Waals surface area contributed by atoms with Crippen LogP contribution >= 0.6 is 0 Å². The second-order valence-electron chi connectivity index (χ2n) is 7.49. The Bertz CT molecular complexity index is 1010. The predicted molar refractivity (Wildman–Crippen MR) is 108 cm³/mol. The van der Waals surface area contributed by atoms with Gasteiger partial charge in [-0.05, 0) is 43.5 Å². The summed E-state index contributed by atoms with van der Waals surface area (Å²) in [5, 5.41) is 2.52. The molecule has 1 heterocycles. The van der Waals surface area contributed by atoms with Gasteiger partial charge in [-0.2, -0.15) is 13.2 Å². The van der Waals surface area contributed by atoms with E-state index in [2.05, 4.69) is 5.32 Å². The minimum Gasteiger partial charge on any atom is -0.326 e. The lowest BCUT2D eigenvalue weighted by atomic mass is 9.97. The van der Waals surface area contributed by atoms with Gasteiger partial charge in [0.25, 0.3) is 0 Å². The molecular formula is C21H23F3N2O3S. The quantitative estimate of drug-likeness (QED) is 0.758. The van der Waals surface area contributed by atoms with Crippen LogP contribution in [0.4, 0.5) is 18.9 Å². The van der Waals surface area contributed by atoms with Gasteiger partial charge in [-0.3, -0.25) is 4.79 Å². The van der Waals surface area contributed by atoms with Gasteiger partial charge in [0.15, 0.2) is 0 Å². The Kier molecular flexibility index (Phi) is 6.52. The molecular weight excluding hydrogens is 417 g/mol. The van der Waals surface area contributed by atoms with Gasteiger partial charge in [-0.25, -0.2) is 12.7 Å². The summed E-state index contributed by atoms with van der Waals surface area (Å²) in [6.45, 7) is 2.30. The van der Waals surface area contributed by atoms with Crippen molar-refractivity contribution in [1.29, 1.82) is 0 Å². The fourth-order valence-electron chi connectivity index (χ4n) is 3.52. The first-order chi connectivity index (χ1) is 14.0. The number of amides is 1. The van der Waals surface area contributed by atoms with Gasteiger partial charge in [0.05, 0.1) is 11.3 Å². The third kappa shape index (κ3) is 5.60. The van der Waals surface area contributed by atoms with E-state index in [0.29, 0.717) is 18.4 Å². The van der Waals surface area contributed by atoms with Crippen molar-refractivity contribution in [1.82, 2.24) is 4.31 Å². The Hall–Kier alpha value is -2.39. The molecule has 30 heavy (non-hydrogen) atoms. The molecule has 0 radical (unpaired) electrons. The molecule has 0 bridgehead atoms. The maximum atomic E-state index is 12.8. The van der Waals surface area contributed by atoms with Crippen LogP contribution in [0.5, 0.6) is 0 Å². The molecule has 1 saturated heterocycles. The van der Waals surface area contributed by atoms with E-state index in [1.54, 1.807) is 6.07 Å². The summed E-state index contributed by atoms with van der Waals surface area (Å²) in [5.41, 5.74) is 0.925. The molecule has 1 amide bonds. The number of carbonyl (C=O) groups excluding carboxylic acids is 1. The molecule has 0 aromatic heterocycles. The first-order valence-electron chi connectivity index (χ1n) is 9.56. The standard InChI is InChI=1S/C21H23F3N2O3S/c1-15-4-2-5-16(12-15)14-30(28,29)26-10-8-17(9-11-26)20(27)25-19-7-3-6-18(13-19)21(22,23)24/h2-7,12-13,17H,8-11,14H2,1H3,(H,25,27). The highest BCUT2D eigenvalue weighted by atomic mass is 32.2. The minimum atomic E-state index is -4.49. The van der Waals surface area contributed by atoms with E-state index in [0.717, 1.165) is 17.7 Å². The first-order valence-corrected chi connectivity index (χ1v) is 11.2. The highest BCUT2D eigenvalue weighted by Gasteiger charge is 2.32. The maximum absolute atomic E-state index is 12.8. The summed E-state index contributed by atoms with van der Waals surface area (Å²) in [6, 6.07) is 11.8.